The van der Waals surface area contributed by atoms with Gasteiger partial charge >= 0.3 is 7.12 Å². The van der Waals surface area contributed by atoms with Crippen LogP contribution < -0.4 is 25.6 Å². The number of rotatable bonds is 10. The van der Waals surface area contributed by atoms with Gasteiger partial charge in [-0.25, -0.2) is 0 Å². The van der Waals surface area contributed by atoms with E-state index in [4.69, 9.17) is 18.8 Å². The Balaban J connectivity index is 1.49. The van der Waals surface area contributed by atoms with Gasteiger partial charge in [0.15, 0.2) is 0 Å². The zero-order chi connectivity index (χ0) is 31.6. The van der Waals surface area contributed by atoms with Gasteiger partial charge in [-0.3, -0.25) is 4.79 Å². The van der Waals surface area contributed by atoms with Gasteiger partial charge in [-0.15, -0.1) is 0 Å². The summed E-state index contributed by atoms with van der Waals surface area (Å²) in [5.41, 5.74) is 4.92. The van der Waals surface area contributed by atoms with Crippen molar-refractivity contribution in [3.05, 3.63) is 66.4 Å². The molecule has 0 radical (unpaired) electrons. The standard InChI is InChI=1S/C34H41BN4O5/c1-21(2)15-32(40)38-28-14-11-24(35-43-33(3,4)34(5,6)44-35)17-27(28)22-10-13-26-29(16-22)39-37-20-30(26)36-19-23-9-12-25(41-7)18-31(23)42-8/h9-14,16-18,20-21H,15,19H2,1-8H3,(H,36,39)(H,38,40). The molecule has 3 aromatic carbocycles. The molecule has 230 valence electrons. The minimum absolute atomic E-state index is 0.0364. The lowest BCUT2D eigenvalue weighted by molar-refractivity contribution is -0.116. The number of anilines is 2. The number of amides is 1. The van der Waals surface area contributed by atoms with Crippen molar-refractivity contribution in [3.63, 3.8) is 0 Å². The quantitative estimate of drug-likeness (QED) is 0.208. The Hall–Kier alpha value is -4.15. The predicted molar refractivity (Wildman–Crippen MR) is 176 cm³/mol. The smallest absolute Gasteiger partial charge is 0.494 e. The summed E-state index contributed by atoms with van der Waals surface area (Å²) in [5, 5.41) is 16.2. The van der Waals surface area contributed by atoms with Crippen LogP contribution in [0.1, 0.15) is 53.5 Å². The third kappa shape index (κ3) is 6.51. The fraction of sp³-hybridized carbons (Fsp3) is 0.382. The van der Waals surface area contributed by atoms with Crippen LogP contribution in [0.25, 0.3) is 22.0 Å². The Kier molecular flexibility index (Phi) is 8.86. The third-order valence-electron chi connectivity index (χ3n) is 8.35. The fourth-order valence-electron chi connectivity index (χ4n) is 5.16. The molecule has 1 fully saturated rings. The van der Waals surface area contributed by atoms with Crippen molar-refractivity contribution >= 4 is 40.8 Å². The van der Waals surface area contributed by atoms with E-state index in [9.17, 15) is 4.79 Å². The minimum Gasteiger partial charge on any atom is -0.497 e. The summed E-state index contributed by atoms with van der Waals surface area (Å²) in [5.74, 6) is 1.67. The lowest BCUT2D eigenvalue weighted by Gasteiger charge is -2.32. The van der Waals surface area contributed by atoms with Crippen LogP contribution in [0.5, 0.6) is 11.5 Å². The van der Waals surface area contributed by atoms with E-state index in [0.717, 1.165) is 50.2 Å². The molecule has 1 saturated heterocycles. The molecule has 0 spiro atoms. The monoisotopic (exact) mass is 596 g/mol. The number of nitrogens with zero attached hydrogens (tertiary/aromatic N) is 2. The number of fused-ring (bicyclic) bond motifs is 1. The highest BCUT2D eigenvalue weighted by Gasteiger charge is 2.51. The van der Waals surface area contributed by atoms with Gasteiger partial charge in [-0.1, -0.05) is 32.0 Å². The van der Waals surface area contributed by atoms with Crippen LogP contribution in [-0.2, 0) is 20.6 Å². The molecule has 1 aromatic heterocycles. The Morgan fingerprint density at radius 3 is 2.36 bits per heavy atom. The highest BCUT2D eigenvalue weighted by Crippen LogP contribution is 2.38. The van der Waals surface area contributed by atoms with Crippen LogP contribution in [-0.4, -0.2) is 48.6 Å². The number of hydrogen-bond donors (Lipinski definition) is 2. The number of nitrogens with one attached hydrogen (secondary N) is 2. The minimum atomic E-state index is -0.537. The molecule has 0 unspecified atom stereocenters. The van der Waals surface area contributed by atoms with E-state index in [2.05, 4.69) is 20.8 Å². The number of aromatic nitrogens is 2. The molecule has 4 aromatic rings. The van der Waals surface area contributed by atoms with Gasteiger partial charge in [0.1, 0.15) is 11.5 Å². The SMILES string of the molecule is COc1ccc(CNc2cnnc3cc(-c4cc(B5OC(C)(C)C(C)(C)O5)ccc4NC(=O)CC(C)C)ccc23)c(OC)c1. The number of methoxy groups -OCH3 is 2. The lowest BCUT2D eigenvalue weighted by atomic mass is 9.77. The zero-order valence-electron chi connectivity index (χ0n) is 26.8. The normalized spacial score (nSPS) is 15.4. The first-order chi connectivity index (χ1) is 20.9. The molecule has 2 heterocycles. The van der Waals surface area contributed by atoms with E-state index in [1.54, 1.807) is 20.4 Å². The first-order valence-corrected chi connectivity index (χ1v) is 14.9. The van der Waals surface area contributed by atoms with E-state index in [-0.39, 0.29) is 11.8 Å². The van der Waals surface area contributed by atoms with Crippen LogP contribution in [0, 0.1) is 5.92 Å². The molecule has 2 N–H and O–H groups in total. The summed E-state index contributed by atoms with van der Waals surface area (Å²) in [6.07, 6.45) is 2.14. The molecule has 5 rings (SSSR count). The van der Waals surface area contributed by atoms with Gasteiger partial charge in [-0.05, 0) is 75.0 Å². The summed E-state index contributed by atoms with van der Waals surface area (Å²) in [6.45, 7) is 12.7. The Morgan fingerprint density at radius 1 is 0.932 bits per heavy atom. The largest absolute Gasteiger partial charge is 0.497 e. The number of hydrogen-bond acceptors (Lipinski definition) is 8. The highest BCUT2D eigenvalue weighted by molar-refractivity contribution is 6.62. The molecule has 9 nitrogen and oxygen atoms in total. The van der Waals surface area contributed by atoms with E-state index < -0.39 is 18.3 Å². The van der Waals surface area contributed by atoms with Crippen LogP contribution in [0.2, 0.25) is 0 Å². The molecule has 0 aliphatic carbocycles. The molecular formula is C34H41BN4O5. The number of carbonyl (C=O) groups excluding carboxylic acids is 1. The van der Waals surface area contributed by atoms with Gasteiger partial charge in [0.05, 0.1) is 42.8 Å². The van der Waals surface area contributed by atoms with Gasteiger partial charge in [0.2, 0.25) is 5.91 Å². The maximum absolute atomic E-state index is 12.8. The number of benzene rings is 3. The van der Waals surface area contributed by atoms with E-state index >= 15 is 0 Å². The van der Waals surface area contributed by atoms with Crippen molar-refractivity contribution in [2.45, 2.75) is 65.7 Å². The van der Waals surface area contributed by atoms with E-state index in [1.807, 2.05) is 96.1 Å². The Morgan fingerprint density at radius 2 is 1.68 bits per heavy atom. The third-order valence-corrected chi connectivity index (χ3v) is 8.35. The zero-order valence-corrected chi connectivity index (χ0v) is 26.8. The van der Waals surface area contributed by atoms with E-state index in [0.29, 0.717) is 18.7 Å². The van der Waals surface area contributed by atoms with Crippen LogP contribution in [0.3, 0.4) is 0 Å². The second-order valence-electron chi connectivity index (χ2n) is 12.6. The van der Waals surface area contributed by atoms with Gasteiger partial charge in [0, 0.05) is 41.2 Å². The maximum Gasteiger partial charge on any atom is 0.494 e. The molecule has 44 heavy (non-hydrogen) atoms. The first-order valence-electron chi connectivity index (χ1n) is 14.9. The van der Waals surface area contributed by atoms with Crippen molar-refractivity contribution in [1.82, 2.24) is 10.2 Å². The molecule has 10 heteroatoms. The van der Waals surface area contributed by atoms with Crippen molar-refractivity contribution in [2.24, 2.45) is 5.92 Å². The Labute approximate surface area is 259 Å². The lowest BCUT2D eigenvalue weighted by Crippen LogP contribution is -2.41. The summed E-state index contributed by atoms with van der Waals surface area (Å²) >= 11 is 0. The molecule has 1 amide bonds. The topological polar surface area (TPSA) is 104 Å². The molecular weight excluding hydrogens is 555 g/mol. The van der Waals surface area contributed by atoms with Gasteiger partial charge in [0.25, 0.3) is 0 Å². The van der Waals surface area contributed by atoms with Crippen molar-refractivity contribution in [3.8, 4) is 22.6 Å². The van der Waals surface area contributed by atoms with Crippen molar-refractivity contribution < 1.29 is 23.6 Å². The van der Waals surface area contributed by atoms with Crippen molar-refractivity contribution in [2.75, 3.05) is 24.9 Å². The molecule has 1 aliphatic rings. The maximum atomic E-state index is 12.8. The highest BCUT2D eigenvalue weighted by atomic mass is 16.7. The van der Waals surface area contributed by atoms with Crippen LogP contribution in [0.4, 0.5) is 11.4 Å². The summed E-state index contributed by atoms with van der Waals surface area (Å²) in [4.78, 5) is 12.8. The first kappa shape index (κ1) is 31.3. The van der Waals surface area contributed by atoms with Crippen LogP contribution in [0.15, 0.2) is 60.8 Å². The average molecular weight is 597 g/mol. The van der Waals surface area contributed by atoms with Gasteiger partial charge in [-0.2, -0.15) is 10.2 Å². The van der Waals surface area contributed by atoms with Crippen molar-refractivity contribution in [1.29, 1.82) is 0 Å². The second kappa shape index (κ2) is 12.5. The number of carbonyl (C=O) groups is 1. The summed E-state index contributed by atoms with van der Waals surface area (Å²) in [6, 6.07) is 17.7. The van der Waals surface area contributed by atoms with Gasteiger partial charge < -0.3 is 29.4 Å². The fourth-order valence-corrected chi connectivity index (χ4v) is 5.16. The second-order valence-corrected chi connectivity index (χ2v) is 12.6. The predicted octanol–water partition coefficient (Wildman–Crippen LogP) is 6.21. The van der Waals surface area contributed by atoms with Crippen LogP contribution >= 0.6 is 0 Å². The molecule has 1 aliphatic heterocycles. The summed E-state index contributed by atoms with van der Waals surface area (Å²) in [7, 11) is 2.74. The Bertz CT molecular complexity index is 1660. The molecule has 0 atom stereocenters. The average Bonchev–Trinajstić information content (AvgIpc) is 3.21. The number of ether oxygens (including phenoxy) is 2. The molecule has 0 saturated carbocycles. The molecule has 0 bridgehead atoms. The summed E-state index contributed by atoms with van der Waals surface area (Å²) < 4.78 is 23.6. The van der Waals surface area contributed by atoms with E-state index in [1.165, 1.54) is 0 Å².